The summed E-state index contributed by atoms with van der Waals surface area (Å²) in [5.41, 5.74) is 30.9. The summed E-state index contributed by atoms with van der Waals surface area (Å²) in [6, 6.07) is 39.4. The van der Waals surface area contributed by atoms with Gasteiger partial charge >= 0.3 is 0 Å². The van der Waals surface area contributed by atoms with Crippen molar-refractivity contribution in [2.45, 2.75) is 101 Å². The average Bonchev–Trinajstić information content (AvgIpc) is 3.65. The van der Waals surface area contributed by atoms with E-state index in [0.29, 0.717) is 0 Å². The molecule has 0 radical (unpaired) electrons. The number of hydrogen-bond acceptors (Lipinski definition) is 3. The number of thioether (sulfide) groups is 1. The van der Waals surface area contributed by atoms with Crippen molar-refractivity contribution in [3.05, 3.63) is 203 Å². The van der Waals surface area contributed by atoms with Gasteiger partial charge in [0.1, 0.15) is 0 Å². The largest absolute Gasteiger partial charge is 0.314 e. The lowest BCUT2D eigenvalue weighted by molar-refractivity contribution is 0.517. The van der Waals surface area contributed by atoms with Crippen molar-refractivity contribution in [1.82, 2.24) is 0 Å². The van der Waals surface area contributed by atoms with E-state index in [2.05, 4.69) is 213 Å². The molecule has 0 amide bonds. The first-order chi connectivity index (χ1) is 30.4. The number of anilines is 4. The van der Waals surface area contributed by atoms with Gasteiger partial charge in [-0.25, -0.2) is 0 Å². The van der Waals surface area contributed by atoms with Gasteiger partial charge in [0, 0.05) is 65.6 Å². The van der Waals surface area contributed by atoms with Crippen molar-refractivity contribution in [3.8, 4) is 11.1 Å². The minimum atomic E-state index is -0.179. The summed E-state index contributed by atoms with van der Waals surface area (Å²) >= 11 is 4.42. The lowest BCUT2D eigenvalue weighted by Gasteiger charge is -2.46. The lowest BCUT2D eigenvalue weighted by Crippen LogP contribution is -2.36. The molecule has 2 nitrogen and oxygen atoms in total. The van der Waals surface area contributed by atoms with Crippen LogP contribution < -0.4 is 9.80 Å². The topological polar surface area (TPSA) is 6.48 Å². The van der Waals surface area contributed by atoms with E-state index in [-0.39, 0.29) is 16.2 Å². The Bertz CT molecular complexity index is 3160. The zero-order chi connectivity index (χ0) is 43.0. The van der Waals surface area contributed by atoms with Gasteiger partial charge in [-0.15, -0.1) is 0 Å². The summed E-state index contributed by atoms with van der Waals surface area (Å²) in [7, 11) is 0. The van der Waals surface area contributed by atoms with Crippen LogP contribution >= 0.6 is 34.4 Å². The summed E-state index contributed by atoms with van der Waals surface area (Å²) in [4.78, 5) is 7.82. The quantitative estimate of drug-likeness (QED) is 0.131. The van der Waals surface area contributed by atoms with Crippen LogP contribution in [0.1, 0.15) is 113 Å². The average molecular weight is 947 g/mol. The molecule has 4 heteroatoms. The third kappa shape index (κ3) is 5.91. The first-order valence-electron chi connectivity index (χ1n) is 22.8. The maximum absolute atomic E-state index is 3.64. The maximum Gasteiger partial charge on any atom is 0.0598 e. The molecule has 2 aliphatic heterocycles. The first kappa shape index (κ1) is 39.4. The van der Waals surface area contributed by atoms with E-state index in [1.807, 2.05) is 11.8 Å². The lowest BCUT2D eigenvalue weighted by atomic mass is 9.69. The van der Waals surface area contributed by atoms with E-state index in [0.717, 1.165) is 24.8 Å². The number of hydrogen-bond donors (Lipinski definition) is 0. The number of rotatable bonds is 4. The molecule has 12 rings (SSSR count). The maximum atomic E-state index is 3.64. The number of benzene rings is 5. The first-order valence-corrected chi connectivity index (χ1v) is 24.7. The van der Waals surface area contributed by atoms with Crippen molar-refractivity contribution >= 4 is 68.8 Å². The molecule has 7 aliphatic rings. The molecule has 0 saturated carbocycles. The Hall–Kier alpha value is -5.22. The number of nitrogens with zero attached hydrogens (tertiary/aromatic N) is 2. The van der Waals surface area contributed by atoms with Crippen LogP contribution in [0.5, 0.6) is 0 Å². The van der Waals surface area contributed by atoms with Crippen molar-refractivity contribution in [1.29, 1.82) is 0 Å². The van der Waals surface area contributed by atoms with Crippen molar-refractivity contribution in [2.24, 2.45) is 0 Å². The van der Waals surface area contributed by atoms with Crippen LogP contribution in [0, 0.1) is 0 Å². The molecule has 0 bridgehead atoms. The fraction of sp³-hybridized carbons (Fsp3) is 0.254. The van der Waals surface area contributed by atoms with Crippen LogP contribution in [0.3, 0.4) is 0 Å². The van der Waals surface area contributed by atoms with Crippen LogP contribution in [-0.2, 0) is 16.2 Å². The highest BCUT2D eigenvalue weighted by atomic mass is 127. The van der Waals surface area contributed by atoms with Gasteiger partial charge in [0.25, 0.3) is 0 Å². The van der Waals surface area contributed by atoms with Gasteiger partial charge in [-0.3, -0.25) is 0 Å². The van der Waals surface area contributed by atoms with Gasteiger partial charge in [0.05, 0.1) is 5.69 Å². The monoisotopic (exact) mass is 946 g/mol. The molecule has 5 aromatic rings. The molecule has 310 valence electrons. The Morgan fingerprint density at radius 3 is 2.05 bits per heavy atom. The molecule has 0 aromatic heterocycles. The van der Waals surface area contributed by atoms with Gasteiger partial charge in [0.2, 0.25) is 0 Å². The van der Waals surface area contributed by atoms with E-state index in [1.165, 1.54) is 122 Å². The Morgan fingerprint density at radius 1 is 0.571 bits per heavy atom. The van der Waals surface area contributed by atoms with Gasteiger partial charge in [-0.1, -0.05) is 132 Å². The van der Waals surface area contributed by atoms with Gasteiger partial charge in [0.15, 0.2) is 0 Å². The zero-order valence-electron chi connectivity index (χ0n) is 37.0. The summed E-state index contributed by atoms with van der Waals surface area (Å²) in [6.07, 6.45) is 16.2. The van der Waals surface area contributed by atoms with Crippen LogP contribution in [0.2, 0.25) is 0 Å². The minimum absolute atomic E-state index is 0.0507. The number of fused-ring (bicyclic) bond motifs is 8. The standard InChI is InChI=1S/C59H51IN2S/c1-57(2)45-13-7-9-15-51(45)61(52-16-10-8-14-46(52)57)39-24-28-43-41-26-21-36(31-47(41)58(3,4)49(43)34-39)19-20-37-22-27-42-44-29-25-40(35-50(44)59(5,6)48(42)32-37)62-53-17-11-12-18-55(53)63-56-33-38(60)23-30-54(56)62/h7,9,11-13,15,17-21,24-26,28-29,31-35H,8,10,14,16,23,30H2,1-6H3/b20-19+. The van der Waals surface area contributed by atoms with E-state index >= 15 is 0 Å². The number of allylic oxidation sites excluding steroid dienone is 10. The molecule has 0 atom stereocenters. The predicted molar refractivity (Wildman–Crippen MR) is 274 cm³/mol. The predicted octanol–water partition coefficient (Wildman–Crippen LogP) is 16.8. The fourth-order valence-corrected chi connectivity index (χ4v) is 13.8. The summed E-state index contributed by atoms with van der Waals surface area (Å²) in [5, 5.41) is 0. The van der Waals surface area contributed by atoms with Gasteiger partial charge in [-0.05, 0) is 181 Å². The molecular weight excluding hydrogens is 896 g/mol. The van der Waals surface area contributed by atoms with E-state index in [9.17, 15) is 0 Å². The highest BCUT2D eigenvalue weighted by Crippen LogP contribution is 2.57. The number of halogens is 1. The van der Waals surface area contributed by atoms with Crippen LogP contribution in [0.15, 0.2) is 174 Å². The van der Waals surface area contributed by atoms with Crippen LogP contribution in [-0.4, -0.2) is 0 Å². The second-order valence-corrected chi connectivity index (χ2v) is 22.4. The van der Waals surface area contributed by atoms with Crippen molar-refractivity contribution in [3.63, 3.8) is 0 Å². The highest BCUT2D eigenvalue weighted by molar-refractivity contribution is 14.1. The molecular formula is C59H51IN2S. The molecule has 0 saturated heterocycles. The second kappa shape index (κ2) is 14.1. The molecule has 2 heterocycles. The van der Waals surface area contributed by atoms with Crippen LogP contribution in [0.4, 0.5) is 22.7 Å². The Balaban J connectivity index is 0.851. The molecule has 63 heavy (non-hydrogen) atoms. The van der Waals surface area contributed by atoms with Crippen molar-refractivity contribution < 1.29 is 0 Å². The molecule has 0 spiro atoms. The zero-order valence-corrected chi connectivity index (χ0v) is 40.0. The second-order valence-electron chi connectivity index (χ2n) is 19.9. The minimum Gasteiger partial charge on any atom is -0.314 e. The highest BCUT2D eigenvalue weighted by Gasteiger charge is 2.42. The summed E-state index contributed by atoms with van der Waals surface area (Å²) in [5.74, 6) is 0. The fourth-order valence-electron chi connectivity index (χ4n) is 11.8. The van der Waals surface area contributed by atoms with E-state index in [4.69, 9.17) is 0 Å². The SMILES string of the molecule is CC1(C)C2=CC(/C=C/c3ccc4c(c3)C(C)(C)c3cc(N5C6=C(CCCC6)C(C)(C)c6ccccc65)ccc3-4)=C=C=C2c2ccc(N3C4=C(C=C(I)CC4)Sc4ccccc43)cc21. The molecule has 5 aliphatic carbocycles. The van der Waals surface area contributed by atoms with E-state index < -0.39 is 0 Å². The van der Waals surface area contributed by atoms with E-state index in [1.54, 1.807) is 5.57 Å². The smallest absolute Gasteiger partial charge is 0.0598 e. The summed E-state index contributed by atoms with van der Waals surface area (Å²) < 4.78 is 1.43. The Labute approximate surface area is 391 Å². The molecule has 0 N–H and O–H groups in total. The molecule has 0 fully saturated rings. The van der Waals surface area contributed by atoms with Gasteiger partial charge < -0.3 is 9.80 Å². The molecule has 5 aromatic carbocycles. The third-order valence-electron chi connectivity index (χ3n) is 15.2. The van der Waals surface area contributed by atoms with Crippen molar-refractivity contribution in [2.75, 3.05) is 9.80 Å². The molecule has 0 unspecified atom stereocenters. The van der Waals surface area contributed by atoms with Gasteiger partial charge in [-0.2, -0.15) is 0 Å². The van der Waals surface area contributed by atoms with Crippen LogP contribution in [0.25, 0.3) is 22.8 Å². The summed E-state index contributed by atoms with van der Waals surface area (Å²) in [6.45, 7) is 14.4. The Morgan fingerprint density at radius 2 is 1.24 bits per heavy atom. The normalized spacial score (nSPS) is 20.4. The third-order valence-corrected chi connectivity index (χ3v) is 17.2. The number of para-hydroxylation sites is 2. The Kier molecular flexibility index (Phi) is 8.84.